The quantitative estimate of drug-likeness (QED) is 0.886. The van der Waals surface area contributed by atoms with Crippen LogP contribution in [-0.4, -0.2) is 23.0 Å². The molecule has 0 saturated heterocycles. The van der Waals surface area contributed by atoms with Crippen molar-refractivity contribution < 1.29 is 19.1 Å². The molecule has 0 spiro atoms. The van der Waals surface area contributed by atoms with E-state index in [9.17, 15) is 19.1 Å². The first kappa shape index (κ1) is 15.0. The number of rotatable bonds is 3. The Morgan fingerprint density at radius 3 is 2.70 bits per heavy atom. The number of halogens is 2. The maximum absolute atomic E-state index is 13.4. The summed E-state index contributed by atoms with van der Waals surface area (Å²) in [7, 11) is 0. The molecule has 0 aliphatic heterocycles. The summed E-state index contributed by atoms with van der Waals surface area (Å²) < 4.78 is 13.5. The molecule has 1 fully saturated rings. The van der Waals surface area contributed by atoms with Crippen molar-refractivity contribution in [3.8, 4) is 0 Å². The highest BCUT2D eigenvalue weighted by atomic mass is 79.9. The Labute approximate surface area is 124 Å². The zero-order valence-electron chi connectivity index (χ0n) is 10.7. The first-order valence-electron chi connectivity index (χ1n) is 6.48. The second kappa shape index (κ2) is 6.35. The fraction of sp³-hybridized carbons (Fsp3) is 0.429. The average molecular weight is 344 g/mol. The molecular formula is C14H15BrFNO3. The smallest absolute Gasteiger partial charge is 0.308 e. The van der Waals surface area contributed by atoms with Crippen molar-refractivity contribution in [2.45, 2.75) is 31.7 Å². The SMILES string of the molecule is O=C(NC1CCCCC1C(=O)O)c1cccc(F)c1Br. The topological polar surface area (TPSA) is 66.4 Å². The first-order valence-corrected chi connectivity index (χ1v) is 7.27. The standard InChI is InChI=1S/C14H15BrFNO3/c15-12-9(5-3-6-10(12)16)13(18)17-11-7-2-1-4-8(11)14(19)20/h3,5-6,8,11H,1-2,4,7H2,(H,17,18)(H,19,20). The van der Waals surface area contributed by atoms with Crippen molar-refractivity contribution in [2.24, 2.45) is 5.92 Å². The van der Waals surface area contributed by atoms with Crippen molar-refractivity contribution in [3.63, 3.8) is 0 Å². The van der Waals surface area contributed by atoms with E-state index in [1.807, 2.05) is 0 Å². The van der Waals surface area contributed by atoms with Crippen LogP contribution in [0.3, 0.4) is 0 Å². The molecule has 108 valence electrons. The molecule has 0 radical (unpaired) electrons. The molecule has 2 atom stereocenters. The number of benzene rings is 1. The summed E-state index contributed by atoms with van der Waals surface area (Å²) in [5.74, 6) is -2.43. The van der Waals surface area contributed by atoms with Gasteiger partial charge in [0.15, 0.2) is 0 Å². The zero-order chi connectivity index (χ0) is 14.7. The molecule has 20 heavy (non-hydrogen) atoms. The molecule has 0 bridgehead atoms. The van der Waals surface area contributed by atoms with Crippen LogP contribution in [0.2, 0.25) is 0 Å². The number of carboxylic acid groups (broad SMARTS) is 1. The lowest BCUT2D eigenvalue weighted by molar-refractivity contribution is -0.143. The maximum Gasteiger partial charge on any atom is 0.308 e. The first-order chi connectivity index (χ1) is 9.50. The molecule has 4 nitrogen and oxygen atoms in total. The van der Waals surface area contributed by atoms with Gasteiger partial charge in [-0.15, -0.1) is 0 Å². The molecule has 1 amide bonds. The fourth-order valence-electron chi connectivity index (χ4n) is 2.52. The van der Waals surface area contributed by atoms with Crippen LogP contribution in [0.5, 0.6) is 0 Å². The summed E-state index contributed by atoms with van der Waals surface area (Å²) in [6, 6.07) is 3.80. The van der Waals surface area contributed by atoms with E-state index in [2.05, 4.69) is 21.2 Å². The molecule has 1 aliphatic carbocycles. The molecule has 1 aromatic carbocycles. The van der Waals surface area contributed by atoms with Gasteiger partial charge in [0.2, 0.25) is 0 Å². The summed E-state index contributed by atoms with van der Waals surface area (Å²) in [6.07, 6.45) is 2.94. The second-order valence-corrected chi connectivity index (χ2v) is 5.70. The molecule has 6 heteroatoms. The van der Waals surface area contributed by atoms with Crippen LogP contribution in [0.4, 0.5) is 4.39 Å². The van der Waals surface area contributed by atoms with E-state index in [1.165, 1.54) is 18.2 Å². The Bertz CT molecular complexity index is 535. The molecule has 1 aromatic rings. The summed E-state index contributed by atoms with van der Waals surface area (Å²) in [5.41, 5.74) is 0.180. The molecule has 2 rings (SSSR count). The van der Waals surface area contributed by atoms with E-state index in [-0.39, 0.29) is 10.0 Å². The van der Waals surface area contributed by atoms with Gasteiger partial charge in [-0.2, -0.15) is 0 Å². The molecule has 0 aromatic heterocycles. The minimum atomic E-state index is -0.895. The summed E-state index contributed by atoms with van der Waals surface area (Å²) >= 11 is 3.04. The highest BCUT2D eigenvalue weighted by molar-refractivity contribution is 9.10. The van der Waals surface area contributed by atoms with Gasteiger partial charge in [-0.25, -0.2) is 4.39 Å². The molecule has 2 unspecified atom stereocenters. The van der Waals surface area contributed by atoms with Crippen molar-refractivity contribution in [2.75, 3.05) is 0 Å². The van der Waals surface area contributed by atoms with E-state index in [0.717, 1.165) is 12.8 Å². The van der Waals surface area contributed by atoms with Gasteiger partial charge in [-0.1, -0.05) is 18.9 Å². The minimum Gasteiger partial charge on any atom is -0.481 e. The average Bonchev–Trinajstić information content (AvgIpc) is 2.42. The normalized spacial score (nSPS) is 22.3. The lowest BCUT2D eigenvalue weighted by atomic mass is 9.84. The number of carbonyl (C=O) groups excluding carboxylic acids is 1. The lowest BCUT2D eigenvalue weighted by Gasteiger charge is -2.29. The predicted octanol–water partition coefficient (Wildman–Crippen LogP) is 2.96. The second-order valence-electron chi connectivity index (χ2n) is 4.91. The number of hydrogen-bond donors (Lipinski definition) is 2. The Morgan fingerprint density at radius 2 is 2.00 bits per heavy atom. The van der Waals surface area contributed by atoms with Crippen LogP contribution in [0.15, 0.2) is 22.7 Å². The largest absolute Gasteiger partial charge is 0.481 e. The van der Waals surface area contributed by atoms with Gasteiger partial charge in [-0.3, -0.25) is 9.59 Å². The minimum absolute atomic E-state index is 0.0974. The summed E-state index contributed by atoms with van der Waals surface area (Å²) in [6.45, 7) is 0. The molecule has 2 N–H and O–H groups in total. The van der Waals surface area contributed by atoms with Crippen molar-refractivity contribution >= 4 is 27.8 Å². The molecule has 1 saturated carbocycles. The van der Waals surface area contributed by atoms with E-state index in [4.69, 9.17) is 0 Å². The van der Waals surface area contributed by atoms with Crippen LogP contribution >= 0.6 is 15.9 Å². The van der Waals surface area contributed by atoms with Gasteiger partial charge in [0.1, 0.15) is 5.82 Å². The van der Waals surface area contributed by atoms with E-state index >= 15 is 0 Å². The zero-order valence-corrected chi connectivity index (χ0v) is 12.3. The third kappa shape index (κ3) is 3.17. The third-order valence-electron chi connectivity index (χ3n) is 3.60. The van der Waals surface area contributed by atoms with E-state index in [1.54, 1.807) is 0 Å². The Morgan fingerprint density at radius 1 is 1.30 bits per heavy atom. The number of hydrogen-bond acceptors (Lipinski definition) is 2. The number of aliphatic carboxylic acids is 1. The van der Waals surface area contributed by atoms with E-state index in [0.29, 0.717) is 12.8 Å². The van der Waals surface area contributed by atoms with Crippen molar-refractivity contribution in [1.29, 1.82) is 0 Å². The van der Waals surface area contributed by atoms with Gasteiger partial charge in [0, 0.05) is 6.04 Å². The van der Waals surface area contributed by atoms with Crippen molar-refractivity contribution in [3.05, 3.63) is 34.1 Å². The van der Waals surface area contributed by atoms with Crippen LogP contribution < -0.4 is 5.32 Å². The number of nitrogens with one attached hydrogen (secondary N) is 1. The van der Waals surface area contributed by atoms with Crippen LogP contribution in [0, 0.1) is 11.7 Å². The molecular weight excluding hydrogens is 329 g/mol. The van der Waals surface area contributed by atoms with Gasteiger partial charge in [0.25, 0.3) is 5.91 Å². The number of amides is 1. The van der Waals surface area contributed by atoms with Crippen LogP contribution in [0.25, 0.3) is 0 Å². The van der Waals surface area contributed by atoms with Gasteiger partial charge < -0.3 is 10.4 Å². The molecule has 0 heterocycles. The highest BCUT2D eigenvalue weighted by Gasteiger charge is 2.32. The van der Waals surface area contributed by atoms with Gasteiger partial charge in [-0.05, 0) is 40.9 Å². The summed E-state index contributed by atoms with van der Waals surface area (Å²) in [5, 5.41) is 11.9. The maximum atomic E-state index is 13.4. The fourth-order valence-corrected chi connectivity index (χ4v) is 2.97. The highest BCUT2D eigenvalue weighted by Crippen LogP contribution is 2.26. The third-order valence-corrected chi connectivity index (χ3v) is 4.40. The van der Waals surface area contributed by atoms with Gasteiger partial charge >= 0.3 is 5.97 Å². The van der Waals surface area contributed by atoms with Crippen molar-refractivity contribution in [1.82, 2.24) is 5.32 Å². The Balaban J connectivity index is 2.14. The number of carbonyl (C=O) groups is 2. The van der Waals surface area contributed by atoms with Crippen LogP contribution in [0.1, 0.15) is 36.0 Å². The Hall–Kier alpha value is -1.43. The van der Waals surface area contributed by atoms with E-state index < -0.39 is 29.7 Å². The monoisotopic (exact) mass is 343 g/mol. The summed E-state index contributed by atoms with van der Waals surface area (Å²) in [4.78, 5) is 23.3. The molecule has 1 aliphatic rings. The predicted molar refractivity (Wildman–Crippen MR) is 74.9 cm³/mol. The van der Waals surface area contributed by atoms with Crippen LogP contribution in [-0.2, 0) is 4.79 Å². The lowest BCUT2D eigenvalue weighted by Crippen LogP contribution is -2.45. The number of carboxylic acids is 1. The Kier molecular flexibility index (Phi) is 4.75. The van der Waals surface area contributed by atoms with Gasteiger partial charge in [0.05, 0.1) is 16.0 Å².